The highest BCUT2D eigenvalue weighted by Gasteiger charge is 2.30. The van der Waals surface area contributed by atoms with Crippen LogP contribution in [0.5, 0.6) is 0 Å². The van der Waals surface area contributed by atoms with E-state index >= 15 is 0 Å². The molecule has 0 saturated carbocycles. The summed E-state index contributed by atoms with van der Waals surface area (Å²) < 4.78 is 0. The summed E-state index contributed by atoms with van der Waals surface area (Å²) in [5.74, 6) is -0.762. The van der Waals surface area contributed by atoms with Crippen molar-refractivity contribution < 1.29 is 9.90 Å². The van der Waals surface area contributed by atoms with Crippen molar-refractivity contribution in [1.29, 1.82) is 0 Å². The molecular formula is C15H19N3O2S2. The van der Waals surface area contributed by atoms with Crippen molar-refractivity contribution in [3.8, 4) is 0 Å². The molecule has 2 aromatic heterocycles. The Bertz CT molecular complexity index is 619. The molecule has 1 aliphatic heterocycles. The topological polar surface area (TPSA) is 56.7 Å². The van der Waals surface area contributed by atoms with Gasteiger partial charge in [-0.05, 0) is 29.3 Å². The minimum Gasteiger partial charge on any atom is -0.480 e. The first kappa shape index (κ1) is 15.6. The Kier molecular flexibility index (Phi) is 4.87. The van der Waals surface area contributed by atoms with Crippen LogP contribution < -0.4 is 0 Å². The Hall–Kier alpha value is -1.28. The van der Waals surface area contributed by atoms with Crippen LogP contribution in [0.1, 0.15) is 22.3 Å². The van der Waals surface area contributed by atoms with Gasteiger partial charge in [-0.15, -0.1) is 11.3 Å². The third kappa shape index (κ3) is 3.55. The van der Waals surface area contributed by atoms with E-state index in [1.54, 1.807) is 22.7 Å². The standard InChI is InChI=1S/C15H19N3O2S2/c1-11-16-13(10-22-11)8-17-3-5-18(6-4-17)14(15(19)20)12-2-7-21-9-12/h2,7,9-10,14H,3-6,8H2,1H3,(H,19,20)/t14-/m0/s1. The third-order valence-electron chi connectivity index (χ3n) is 3.92. The van der Waals surface area contributed by atoms with E-state index in [9.17, 15) is 9.90 Å². The maximum Gasteiger partial charge on any atom is 0.325 e. The van der Waals surface area contributed by atoms with Crippen LogP contribution >= 0.6 is 22.7 Å². The van der Waals surface area contributed by atoms with Crippen molar-refractivity contribution in [3.05, 3.63) is 38.5 Å². The summed E-state index contributed by atoms with van der Waals surface area (Å²) in [7, 11) is 0. The van der Waals surface area contributed by atoms with Crippen molar-refractivity contribution >= 4 is 28.6 Å². The number of piperazine rings is 1. The van der Waals surface area contributed by atoms with E-state index in [2.05, 4.69) is 20.2 Å². The highest BCUT2D eigenvalue weighted by atomic mass is 32.1. The predicted octanol–water partition coefficient (Wildman–Crippen LogP) is 2.46. The monoisotopic (exact) mass is 337 g/mol. The molecule has 0 amide bonds. The average Bonchev–Trinajstić information content (AvgIpc) is 3.13. The molecule has 1 fully saturated rings. The summed E-state index contributed by atoms with van der Waals surface area (Å²) >= 11 is 3.22. The Labute approximate surface area is 137 Å². The quantitative estimate of drug-likeness (QED) is 0.908. The minimum atomic E-state index is -0.762. The number of carboxylic acid groups (broad SMARTS) is 1. The van der Waals surface area contributed by atoms with Crippen LogP contribution in [0.15, 0.2) is 22.2 Å². The number of hydrogen-bond donors (Lipinski definition) is 1. The molecule has 3 rings (SSSR count). The molecule has 0 aromatic carbocycles. The second-order valence-electron chi connectivity index (χ2n) is 5.47. The smallest absolute Gasteiger partial charge is 0.325 e. The zero-order chi connectivity index (χ0) is 15.5. The molecule has 0 aliphatic carbocycles. The van der Waals surface area contributed by atoms with Crippen LogP contribution in [0.25, 0.3) is 0 Å². The van der Waals surface area contributed by atoms with E-state index in [1.807, 2.05) is 23.8 Å². The van der Waals surface area contributed by atoms with Gasteiger partial charge in [-0.1, -0.05) is 0 Å². The lowest BCUT2D eigenvalue weighted by Gasteiger charge is -2.37. The molecule has 7 heteroatoms. The van der Waals surface area contributed by atoms with Crippen LogP contribution in [-0.2, 0) is 11.3 Å². The van der Waals surface area contributed by atoms with E-state index < -0.39 is 12.0 Å². The van der Waals surface area contributed by atoms with Crippen LogP contribution in [0.2, 0.25) is 0 Å². The number of thiophene rings is 1. The Morgan fingerprint density at radius 3 is 2.68 bits per heavy atom. The summed E-state index contributed by atoms with van der Waals surface area (Å²) in [5.41, 5.74) is 2.00. The fourth-order valence-electron chi connectivity index (χ4n) is 2.83. The van der Waals surface area contributed by atoms with Gasteiger partial charge < -0.3 is 5.11 Å². The van der Waals surface area contributed by atoms with Crippen molar-refractivity contribution in [3.63, 3.8) is 0 Å². The molecule has 2 aromatic rings. The van der Waals surface area contributed by atoms with E-state index in [4.69, 9.17) is 0 Å². The molecule has 0 bridgehead atoms. The lowest BCUT2D eigenvalue weighted by Crippen LogP contribution is -2.48. The largest absolute Gasteiger partial charge is 0.480 e. The molecule has 22 heavy (non-hydrogen) atoms. The normalized spacial score (nSPS) is 18.4. The molecular weight excluding hydrogens is 318 g/mol. The molecule has 1 N–H and O–H groups in total. The lowest BCUT2D eigenvalue weighted by molar-refractivity contribution is -0.144. The van der Waals surface area contributed by atoms with E-state index in [1.165, 1.54) is 0 Å². The van der Waals surface area contributed by atoms with E-state index in [0.717, 1.165) is 49.0 Å². The zero-order valence-electron chi connectivity index (χ0n) is 12.4. The van der Waals surface area contributed by atoms with Gasteiger partial charge in [-0.3, -0.25) is 14.6 Å². The second kappa shape index (κ2) is 6.87. The molecule has 118 valence electrons. The predicted molar refractivity (Wildman–Crippen MR) is 88.4 cm³/mol. The third-order valence-corrected chi connectivity index (χ3v) is 5.44. The fourth-order valence-corrected chi connectivity index (χ4v) is 4.11. The minimum absolute atomic E-state index is 0.519. The SMILES string of the molecule is Cc1nc(CN2CCN([C@H](C(=O)O)c3ccsc3)CC2)cs1. The molecule has 0 radical (unpaired) electrons. The number of nitrogens with zero attached hydrogens (tertiary/aromatic N) is 3. The number of aryl methyl sites for hydroxylation is 1. The second-order valence-corrected chi connectivity index (χ2v) is 7.31. The zero-order valence-corrected chi connectivity index (χ0v) is 14.1. The number of thiazole rings is 1. The summed E-state index contributed by atoms with van der Waals surface area (Å²) in [6.45, 7) is 6.18. The molecule has 0 unspecified atom stereocenters. The van der Waals surface area contributed by atoms with Gasteiger partial charge >= 0.3 is 5.97 Å². The van der Waals surface area contributed by atoms with Crippen molar-refractivity contribution in [1.82, 2.24) is 14.8 Å². The molecule has 0 spiro atoms. The van der Waals surface area contributed by atoms with Crippen LogP contribution in [0.3, 0.4) is 0 Å². The van der Waals surface area contributed by atoms with Gasteiger partial charge in [0.2, 0.25) is 0 Å². The van der Waals surface area contributed by atoms with E-state index in [-0.39, 0.29) is 0 Å². The Balaban J connectivity index is 1.59. The summed E-state index contributed by atoms with van der Waals surface area (Å²) in [6.07, 6.45) is 0. The lowest BCUT2D eigenvalue weighted by atomic mass is 10.1. The van der Waals surface area contributed by atoms with Crippen molar-refractivity contribution in [2.24, 2.45) is 0 Å². The van der Waals surface area contributed by atoms with Gasteiger partial charge in [0.05, 0.1) is 10.7 Å². The van der Waals surface area contributed by atoms with Gasteiger partial charge in [0.15, 0.2) is 0 Å². The maximum absolute atomic E-state index is 11.6. The number of aromatic nitrogens is 1. The highest BCUT2D eigenvalue weighted by molar-refractivity contribution is 7.09. The average molecular weight is 337 g/mol. The van der Waals surface area contributed by atoms with Crippen molar-refractivity contribution in [2.45, 2.75) is 19.5 Å². The molecule has 1 aliphatic rings. The summed E-state index contributed by atoms with van der Waals surface area (Å²) in [5, 5.41) is 16.6. The van der Waals surface area contributed by atoms with Crippen LogP contribution in [0.4, 0.5) is 0 Å². The van der Waals surface area contributed by atoms with Crippen molar-refractivity contribution in [2.75, 3.05) is 26.2 Å². The van der Waals surface area contributed by atoms with Gasteiger partial charge in [0.1, 0.15) is 6.04 Å². The van der Waals surface area contributed by atoms with Crippen LogP contribution in [0, 0.1) is 6.92 Å². The first-order valence-corrected chi connectivity index (χ1v) is 9.08. The van der Waals surface area contributed by atoms with Gasteiger partial charge in [0.25, 0.3) is 0 Å². The summed E-state index contributed by atoms with van der Waals surface area (Å²) in [6, 6.07) is 1.39. The number of carbonyl (C=O) groups is 1. The number of carboxylic acids is 1. The first-order valence-electron chi connectivity index (χ1n) is 7.26. The Morgan fingerprint density at radius 1 is 1.36 bits per heavy atom. The summed E-state index contributed by atoms with van der Waals surface area (Å²) in [4.78, 5) is 20.5. The first-order chi connectivity index (χ1) is 10.6. The molecule has 1 saturated heterocycles. The van der Waals surface area contributed by atoms with Gasteiger partial charge in [0, 0.05) is 38.1 Å². The maximum atomic E-state index is 11.6. The number of aliphatic carboxylic acids is 1. The number of hydrogen-bond acceptors (Lipinski definition) is 6. The fraction of sp³-hybridized carbons (Fsp3) is 0.467. The van der Waals surface area contributed by atoms with Gasteiger partial charge in [-0.2, -0.15) is 11.3 Å². The molecule has 1 atom stereocenters. The van der Waals surface area contributed by atoms with E-state index in [0.29, 0.717) is 0 Å². The van der Waals surface area contributed by atoms with Gasteiger partial charge in [-0.25, -0.2) is 4.98 Å². The Morgan fingerprint density at radius 2 is 2.14 bits per heavy atom. The molecule has 3 heterocycles. The number of rotatable bonds is 5. The molecule has 5 nitrogen and oxygen atoms in total. The van der Waals surface area contributed by atoms with Crippen LogP contribution in [-0.4, -0.2) is 52.0 Å². The highest BCUT2D eigenvalue weighted by Crippen LogP contribution is 2.25.